The number of benzene rings is 1. The first-order valence-corrected chi connectivity index (χ1v) is 10.5. The molecule has 1 aliphatic heterocycles. The Labute approximate surface area is 175 Å². The van der Waals surface area contributed by atoms with Crippen LogP contribution in [0.5, 0.6) is 0 Å². The molecular formula is C22H37N5O2. The summed E-state index contributed by atoms with van der Waals surface area (Å²) in [4.78, 5) is 20.9. The van der Waals surface area contributed by atoms with Crippen molar-refractivity contribution in [2.24, 2.45) is 10.9 Å². The normalized spacial score (nSPS) is 15.4. The SMILES string of the molecule is CN=C(NCc1cccc(C(=O)NCCN(C)C)c1)N(C)CCC1CCOCC1. The number of nitrogens with one attached hydrogen (secondary N) is 2. The van der Waals surface area contributed by atoms with E-state index in [0.29, 0.717) is 18.7 Å². The van der Waals surface area contributed by atoms with Crippen LogP contribution in [0.15, 0.2) is 29.3 Å². The molecule has 0 bridgehead atoms. The van der Waals surface area contributed by atoms with Crippen molar-refractivity contribution in [3.63, 3.8) is 0 Å². The Morgan fingerprint density at radius 3 is 2.62 bits per heavy atom. The Hall–Kier alpha value is -2.12. The van der Waals surface area contributed by atoms with Gasteiger partial charge in [0.2, 0.25) is 0 Å². The van der Waals surface area contributed by atoms with Crippen molar-refractivity contribution in [1.29, 1.82) is 0 Å². The van der Waals surface area contributed by atoms with E-state index in [-0.39, 0.29) is 5.91 Å². The minimum atomic E-state index is -0.0355. The number of nitrogens with zero attached hydrogens (tertiary/aromatic N) is 3. The average molecular weight is 404 g/mol. The van der Waals surface area contributed by atoms with Crippen molar-refractivity contribution in [3.8, 4) is 0 Å². The zero-order valence-corrected chi connectivity index (χ0v) is 18.4. The van der Waals surface area contributed by atoms with Crippen LogP contribution in [0.1, 0.15) is 35.2 Å². The molecule has 1 aromatic carbocycles. The summed E-state index contributed by atoms with van der Waals surface area (Å²) in [5.41, 5.74) is 1.75. The summed E-state index contributed by atoms with van der Waals surface area (Å²) in [6.45, 7) is 4.84. The van der Waals surface area contributed by atoms with Gasteiger partial charge < -0.3 is 25.2 Å². The van der Waals surface area contributed by atoms with E-state index in [1.165, 1.54) is 0 Å². The van der Waals surface area contributed by atoms with Gasteiger partial charge in [-0.3, -0.25) is 9.79 Å². The largest absolute Gasteiger partial charge is 0.381 e. The molecule has 162 valence electrons. The third kappa shape index (κ3) is 8.41. The molecule has 0 aromatic heterocycles. The maximum Gasteiger partial charge on any atom is 0.251 e. The number of hydrogen-bond donors (Lipinski definition) is 2. The molecule has 7 nitrogen and oxygen atoms in total. The van der Waals surface area contributed by atoms with Gasteiger partial charge in [-0.2, -0.15) is 0 Å². The molecule has 2 N–H and O–H groups in total. The molecule has 0 radical (unpaired) electrons. The van der Waals surface area contributed by atoms with Gasteiger partial charge in [0.25, 0.3) is 5.91 Å². The summed E-state index contributed by atoms with van der Waals surface area (Å²) in [6.07, 6.45) is 3.47. The topological polar surface area (TPSA) is 69.2 Å². The van der Waals surface area contributed by atoms with Crippen LogP contribution < -0.4 is 10.6 Å². The van der Waals surface area contributed by atoms with Crippen LogP contribution >= 0.6 is 0 Å². The molecule has 1 heterocycles. The van der Waals surface area contributed by atoms with Gasteiger partial charge in [0, 0.05) is 59.1 Å². The lowest BCUT2D eigenvalue weighted by Gasteiger charge is -2.26. The quantitative estimate of drug-likeness (QED) is 0.486. The Morgan fingerprint density at radius 2 is 1.93 bits per heavy atom. The van der Waals surface area contributed by atoms with Gasteiger partial charge >= 0.3 is 0 Å². The number of likely N-dealkylation sites (N-methyl/N-ethyl adjacent to an activating group) is 1. The van der Waals surface area contributed by atoms with E-state index in [2.05, 4.69) is 27.6 Å². The molecule has 1 amide bonds. The first-order valence-electron chi connectivity index (χ1n) is 10.5. The summed E-state index contributed by atoms with van der Waals surface area (Å²) in [7, 11) is 7.86. The van der Waals surface area contributed by atoms with E-state index in [4.69, 9.17) is 4.74 Å². The van der Waals surface area contributed by atoms with Gasteiger partial charge in [-0.15, -0.1) is 0 Å². The number of aliphatic imine (C=N–C) groups is 1. The van der Waals surface area contributed by atoms with Gasteiger partial charge in [-0.05, 0) is 57.0 Å². The lowest BCUT2D eigenvalue weighted by atomic mass is 9.96. The Kier molecular flexibility index (Phi) is 9.94. The monoisotopic (exact) mass is 403 g/mol. The molecule has 0 atom stereocenters. The molecule has 1 saturated heterocycles. The van der Waals surface area contributed by atoms with Gasteiger partial charge in [0.1, 0.15) is 0 Å². The lowest BCUT2D eigenvalue weighted by Crippen LogP contribution is -2.39. The van der Waals surface area contributed by atoms with Crippen molar-refractivity contribution < 1.29 is 9.53 Å². The molecule has 0 unspecified atom stereocenters. The highest BCUT2D eigenvalue weighted by atomic mass is 16.5. The summed E-state index contributed by atoms with van der Waals surface area (Å²) in [5, 5.41) is 6.37. The predicted octanol–water partition coefficient (Wildman–Crippen LogP) is 1.80. The maximum atomic E-state index is 12.3. The number of rotatable bonds is 9. The third-order valence-electron chi connectivity index (χ3n) is 5.27. The number of guanidine groups is 1. The molecule has 1 aromatic rings. The first-order chi connectivity index (χ1) is 14.0. The van der Waals surface area contributed by atoms with Crippen LogP contribution in [0.2, 0.25) is 0 Å². The minimum Gasteiger partial charge on any atom is -0.381 e. The van der Waals surface area contributed by atoms with Crippen molar-refractivity contribution in [1.82, 2.24) is 20.4 Å². The lowest BCUT2D eigenvalue weighted by molar-refractivity contribution is 0.0625. The summed E-state index contributed by atoms with van der Waals surface area (Å²) < 4.78 is 5.44. The number of ether oxygens (including phenoxy) is 1. The second kappa shape index (κ2) is 12.4. The van der Waals surface area contributed by atoms with Crippen LogP contribution in [0.4, 0.5) is 0 Å². The third-order valence-corrected chi connectivity index (χ3v) is 5.27. The van der Waals surface area contributed by atoms with Crippen molar-refractivity contribution >= 4 is 11.9 Å². The number of hydrogen-bond acceptors (Lipinski definition) is 4. The highest BCUT2D eigenvalue weighted by Crippen LogP contribution is 2.18. The zero-order valence-electron chi connectivity index (χ0n) is 18.4. The smallest absolute Gasteiger partial charge is 0.251 e. The van der Waals surface area contributed by atoms with Crippen molar-refractivity contribution in [3.05, 3.63) is 35.4 Å². The minimum absolute atomic E-state index is 0.0355. The van der Waals surface area contributed by atoms with E-state index in [1.807, 2.05) is 50.3 Å². The van der Waals surface area contributed by atoms with Crippen LogP contribution in [-0.4, -0.2) is 82.7 Å². The van der Waals surface area contributed by atoms with E-state index in [9.17, 15) is 4.79 Å². The van der Waals surface area contributed by atoms with Crippen LogP contribution in [-0.2, 0) is 11.3 Å². The van der Waals surface area contributed by atoms with E-state index in [1.54, 1.807) is 0 Å². The second-order valence-electron chi connectivity index (χ2n) is 7.93. The van der Waals surface area contributed by atoms with Gasteiger partial charge in [-0.25, -0.2) is 0 Å². The van der Waals surface area contributed by atoms with Crippen LogP contribution in [0, 0.1) is 5.92 Å². The van der Waals surface area contributed by atoms with Gasteiger partial charge in [-0.1, -0.05) is 12.1 Å². The summed E-state index contributed by atoms with van der Waals surface area (Å²) >= 11 is 0. The fraction of sp³-hybridized carbons (Fsp3) is 0.636. The van der Waals surface area contributed by atoms with Gasteiger partial charge in [0.15, 0.2) is 5.96 Å². The van der Waals surface area contributed by atoms with E-state index in [0.717, 1.165) is 63.0 Å². The first kappa shape index (κ1) is 23.2. The second-order valence-corrected chi connectivity index (χ2v) is 7.93. The van der Waals surface area contributed by atoms with E-state index >= 15 is 0 Å². The molecule has 1 fully saturated rings. The maximum absolute atomic E-state index is 12.3. The fourth-order valence-electron chi connectivity index (χ4n) is 3.40. The Morgan fingerprint density at radius 1 is 1.17 bits per heavy atom. The summed E-state index contributed by atoms with van der Waals surface area (Å²) in [6, 6.07) is 7.74. The van der Waals surface area contributed by atoms with Crippen molar-refractivity contribution in [2.75, 3.05) is 61.0 Å². The zero-order chi connectivity index (χ0) is 21.1. The number of carbonyl (C=O) groups is 1. The number of amides is 1. The molecule has 2 rings (SSSR count). The molecule has 29 heavy (non-hydrogen) atoms. The van der Waals surface area contributed by atoms with Crippen molar-refractivity contribution in [2.45, 2.75) is 25.8 Å². The molecular weight excluding hydrogens is 366 g/mol. The molecule has 0 aliphatic carbocycles. The highest BCUT2D eigenvalue weighted by Gasteiger charge is 2.15. The molecule has 7 heteroatoms. The van der Waals surface area contributed by atoms with Crippen LogP contribution in [0.25, 0.3) is 0 Å². The summed E-state index contributed by atoms with van der Waals surface area (Å²) in [5.74, 6) is 1.58. The highest BCUT2D eigenvalue weighted by molar-refractivity contribution is 5.94. The van der Waals surface area contributed by atoms with Crippen LogP contribution in [0.3, 0.4) is 0 Å². The Bertz CT molecular complexity index is 656. The number of carbonyl (C=O) groups excluding carboxylic acids is 1. The average Bonchev–Trinajstić information content (AvgIpc) is 2.73. The standard InChI is InChI=1S/C22H37N5O2/c1-23-22(27(4)12-8-18-9-14-29-15-10-18)25-17-19-6-5-7-20(16-19)21(28)24-11-13-26(2)3/h5-7,16,18H,8-15,17H2,1-4H3,(H,23,25)(H,24,28). The predicted molar refractivity (Wildman–Crippen MR) is 118 cm³/mol. The van der Waals surface area contributed by atoms with Gasteiger partial charge in [0.05, 0.1) is 0 Å². The molecule has 0 spiro atoms. The molecule has 1 aliphatic rings. The van der Waals surface area contributed by atoms with E-state index < -0.39 is 0 Å². The fourth-order valence-corrected chi connectivity index (χ4v) is 3.40. The molecule has 0 saturated carbocycles. The Balaban J connectivity index is 1.81.